The van der Waals surface area contributed by atoms with Gasteiger partial charge in [-0.1, -0.05) is 44.2 Å². The molecule has 1 aliphatic carbocycles. The molecule has 0 bridgehead atoms. The summed E-state index contributed by atoms with van der Waals surface area (Å²) in [5.74, 6) is 0.995. The molecule has 0 radical (unpaired) electrons. The maximum atomic E-state index is 12.7. The molecule has 1 amide bonds. The number of carbonyl (C=O) groups is 1. The number of nitrogens with zero attached hydrogens (tertiary/aromatic N) is 2. The predicted octanol–water partition coefficient (Wildman–Crippen LogP) is 4.09. The summed E-state index contributed by atoms with van der Waals surface area (Å²) in [4.78, 5) is 12.7. The third kappa shape index (κ3) is 4.17. The standard InChI is InChI=1S/C24H27N3O3/c1-24(2)13-19(26-23(28)16-30-22-12-8-7-11-21(22)29-3)18-15-25-27(20(18)14-24)17-9-5-4-6-10-17/h4-12,15,19H,13-14,16H2,1-3H3,(H,26,28)/t19-/m0/s1. The number of nitrogens with one attached hydrogen (secondary N) is 1. The molecule has 0 unspecified atom stereocenters. The number of para-hydroxylation sites is 3. The van der Waals surface area contributed by atoms with Gasteiger partial charge in [-0.05, 0) is 42.5 Å². The molecule has 0 saturated heterocycles. The zero-order chi connectivity index (χ0) is 21.1. The highest BCUT2D eigenvalue weighted by molar-refractivity contribution is 5.78. The van der Waals surface area contributed by atoms with Crippen LogP contribution in [0.1, 0.15) is 37.6 Å². The van der Waals surface area contributed by atoms with E-state index in [9.17, 15) is 4.79 Å². The fourth-order valence-electron chi connectivity index (χ4n) is 4.08. The van der Waals surface area contributed by atoms with E-state index >= 15 is 0 Å². The van der Waals surface area contributed by atoms with Gasteiger partial charge in [0.1, 0.15) is 0 Å². The van der Waals surface area contributed by atoms with E-state index in [4.69, 9.17) is 9.47 Å². The van der Waals surface area contributed by atoms with E-state index in [1.54, 1.807) is 19.2 Å². The topological polar surface area (TPSA) is 65.4 Å². The first-order valence-corrected chi connectivity index (χ1v) is 10.1. The van der Waals surface area contributed by atoms with Gasteiger partial charge in [-0.15, -0.1) is 0 Å². The molecule has 2 aromatic carbocycles. The van der Waals surface area contributed by atoms with Gasteiger partial charge in [-0.2, -0.15) is 5.10 Å². The van der Waals surface area contributed by atoms with Gasteiger partial charge in [-0.3, -0.25) is 4.79 Å². The second kappa shape index (κ2) is 8.22. The molecule has 0 saturated carbocycles. The molecule has 4 rings (SSSR count). The molecule has 0 fully saturated rings. The lowest BCUT2D eigenvalue weighted by molar-refractivity contribution is -0.124. The minimum atomic E-state index is -0.165. The van der Waals surface area contributed by atoms with Crippen molar-refractivity contribution >= 4 is 5.91 Å². The number of fused-ring (bicyclic) bond motifs is 1. The maximum Gasteiger partial charge on any atom is 0.258 e. The van der Waals surface area contributed by atoms with Crippen LogP contribution in [0, 0.1) is 5.41 Å². The molecule has 1 aromatic heterocycles. The van der Waals surface area contributed by atoms with Crippen molar-refractivity contribution in [1.29, 1.82) is 0 Å². The van der Waals surface area contributed by atoms with Gasteiger partial charge in [0, 0.05) is 5.56 Å². The Hall–Kier alpha value is -3.28. The Morgan fingerprint density at radius 2 is 1.83 bits per heavy atom. The minimum absolute atomic E-state index is 0.0427. The monoisotopic (exact) mass is 405 g/mol. The smallest absolute Gasteiger partial charge is 0.258 e. The van der Waals surface area contributed by atoms with Crippen molar-refractivity contribution in [3.8, 4) is 17.2 Å². The summed E-state index contributed by atoms with van der Waals surface area (Å²) in [6, 6.07) is 17.3. The van der Waals surface area contributed by atoms with Gasteiger partial charge in [0.2, 0.25) is 0 Å². The number of methoxy groups -OCH3 is 1. The number of amides is 1. The van der Waals surface area contributed by atoms with E-state index in [0.717, 1.165) is 29.8 Å². The first-order chi connectivity index (χ1) is 14.5. The second-order valence-corrected chi connectivity index (χ2v) is 8.40. The van der Waals surface area contributed by atoms with E-state index < -0.39 is 0 Å². The SMILES string of the molecule is COc1ccccc1OCC(=O)N[C@H]1CC(C)(C)Cc2c1cnn2-c1ccccc1. The van der Waals surface area contributed by atoms with Crippen LogP contribution in [0.4, 0.5) is 0 Å². The number of hydrogen-bond acceptors (Lipinski definition) is 4. The van der Waals surface area contributed by atoms with Crippen molar-refractivity contribution in [3.05, 3.63) is 72.1 Å². The Morgan fingerprint density at radius 3 is 2.57 bits per heavy atom. The van der Waals surface area contributed by atoms with Crippen molar-refractivity contribution in [1.82, 2.24) is 15.1 Å². The van der Waals surface area contributed by atoms with Crippen molar-refractivity contribution in [3.63, 3.8) is 0 Å². The lowest BCUT2D eigenvalue weighted by Crippen LogP contribution is -2.38. The quantitative estimate of drug-likeness (QED) is 0.671. The fourth-order valence-corrected chi connectivity index (χ4v) is 4.08. The lowest BCUT2D eigenvalue weighted by Gasteiger charge is -2.36. The summed E-state index contributed by atoms with van der Waals surface area (Å²) in [6.07, 6.45) is 3.63. The highest BCUT2D eigenvalue weighted by atomic mass is 16.5. The molecule has 156 valence electrons. The van der Waals surface area contributed by atoms with Crippen LogP contribution in [-0.4, -0.2) is 29.4 Å². The summed E-state index contributed by atoms with van der Waals surface area (Å²) < 4.78 is 13.0. The molecule has 1 aliphatic rings. The number of rotatable bonds is 6. The number of carbonyl (C=O) groups excluding carboxylic acids is 1. The lowest BCUT2D eigenvalue weighted by atomic mass is 9.74. The number of ether oxygens (including phenoxy) is 2. The summed E-state index contributed by atoms with van der Waals surface area (Å²) in [6.45, 7) is 4.38. The summed E-state index contributed by atoms with van der Waals surface area (Å²) in [5.41, 5.74) is 3.29. The first-order valence-electron chi connectivity index (χ1n) is 10.1. The molecule has 0 spiro atoms. The van der Waals surface area contributed by atoms with Gasteiger partial charge in [-0.25, -0.2) is 4.68 Å². The molecule has 6 nitrogen and oxygen atoms in total. The van der Waals surface area contributed by atoms with Crippen molar-refractivity contribution < 1.29 is 14.3 Å². The molecule has 3 aromatic rings. The molecule has 1 heterocycles. The third-order valence-electron chi connectivity index (χ3n) is 5.44. The van der Waals surface area contributed by atoms with E-state index in [1.807, 2.05) is 53.3 Å². The van der Waals surface area contributed by atoms with Crippen LogP contribution in [0.2, 0.25) is 0 Å². The number of hydrogen-bond donors (Lipinski definition) is 1. The van der Waals surface area contributed by atoms with Gasteiger partial charge in [0.15, 0.2) is 18.1 Å². The predicted molar refractivity (Wildman–Crippen MR) is 115 cm³/mol. The van der Waals surface area contributed by atoms with Crippen molar-refractivity contribution in [2.75, 3.05) is 13.7 Å². The Balaban J connectivity index is 1.51. The fraction of sp³-hybridized carbons (Fsp3) is 0.333. The van der Waals surface area contributed by atoms with Crippen LogP contribution in [0.5, 0.6) is 11.5 Å². The maximum absolute atomic E-state index is 12.7. The van der Waals surface area contributed by atoms with E-state index in [2.05, 4.69) is 24.3 Å². The highest BCUT2D eigenvalue weighted by Gasteiger charge is 2.36. The van der Waals surface area contributed by atoms with Gasteiger partial charge in [0.05, 0.1) is 30.7 Å². The van der Waals surface area contributed by atoms with Crippen molar-refractivity contribution in [2.45, 2.75) is 32.7 Å². The van der Waals surface area contributed by atoms with Crippen molar-refractivity contribution in [2.24, 2.45) is 5.41 Å². The van der Waals surface area contributed by atoms with Gasteiger partial charge in [0.25, 0.3) is 5.91 Å². The Morgan fingerprint density at radius 1 is 1.13 bits per heavy atom. The average molecular weight is 405 g/mol. The Kier molecular flexibility index (Phi) is 5.48. The van der Waals surface area contributed by atoms with Crippen LogP contribution in [-0.2, 0) is 11.2 Å². The molecule has 6 heteroatoms. The Labute approximate surface area is 176 Å². The molecular weight excluding hydrogens is 378 g/mol. The van der Waals surface area contributed by atoms with E-state index in [1.165, 1.54) is 0 Å². The summed E-state index contributed by atoms with van der Waals surface area (Å²) in [7, 11) is 1.58. The van der Waals surface area contributed by atoms with Gasteiger partial charge < -0.3 is 14.8 Å². The molecule has 0 aliphatic heterocycles. The normalized spacial score (nSPS) is 17.1. The third-order valence-corrected chi connectivity index (χ3v) is 5.44. The average Bonchev–Trinajstić information content (AvgIpc) is 3.15. The molecular formula is C24H27N3O3. The summed E-state index contributed by atoms with van der Waals surface area (Å²) in [5, 5.41) is 7.77. The minimum Gasteiger partial charge on any atom is -0.493 e. The number of benzene rings is 2. The molecule has 30 heavy (non-hydrogen) atoms. The van der Waals surface area contributed by atoms with Crippen LogP contribution in [0.15, 0.2) is 60.8 Å². The van der Waals surface area contributed by atoms with Crippen LogP contribution >= 0.6 is 0 Å². The van der Waals surface area contributed by atoms with Crippen LogP contribution in [0.3, 0.4) is 0 Å². The zero-order valence-corrected chi connectivity index (χ0v) is 17.6. The van der Waals surface area contributed by atoms with Gasteiger partial charge >= 0.3 is 0 Å². The Bertz CT molecular complexity index is 1030. The first kappa shape index (κ1) is 20.0. The largest absolute Gasteiger partial charge is 0.493 e. The molecule has 1 N–H and O–H groups in total. The van der Waals surface area contributed by atoms with E-state index in [-0.39, 0.29) is 24.0 Å². The molecule has 1 atom stereocenters. The highest BCUT2D eigenvalue weighted by Crippen LogP contribution is 2.41. The van der Waals surface area contributed by atoms with Crippen LogP contribution < -0.4 is 14.8 Å². The second-order valence-electron chi connectivity index (χ2n) is 8.40. The van der Waals surface area contributed by atoms with E-state index in [0.29, 0.717) is 11.5 Å². The zero-order valence-electron chi connectivity index (χ0n) is 17.6. The van der Waals surface area contributed by atoms with Crippen LogP contribution in [0.25, 0.3) is 5.69 Å². The number of aromatic nitrogens is 2. The summed E-state index contributed by atoms with van der Waals surface area (Å²) >= 11 is 0.